The summed E-state index contributed by atoms with van der Waals surface area (Å²) in [6.07, 6.45) is 4.64. The van der Waals surface area contributed by atoms with Crippen LogP contribution < -0.4 is 5.73 Å². The number of hydrogen-bond donors (Lipinski definition) is 1. The summed E-state index contributed by atoms with van der Waals surface area (Å²) in [7, 11) is 1.89. The second-order valence-electron chi connectivity index (χ2n) is 3.40. The van der Waals surface area contributed by atoms with Crippen molar-refractivity contribution in [1.29, 1.82) is 0 Å². The molecule has 0 saturated carbocycles. The van der Waals surface area contributed by atoms with E-state index in [0.29, 0.717) is 6.61 Å². The van der Waals surface area contributed by atoms with Crippen LogP contribution in [-0.4, -0.2) is 22.4 Å². The third kappa shape index (κ3) is 2.56. The molecule has 0 aliphatic carbocycles. The maximum Gasteiger partial charge on any atom is 0.101 e. The molecule has 0 bridgehead atoms. The second-order valence-corrected chi connectivity index (χ2v) is 3.40. The third-order valence-electron chi connectivity index (χ3n) is 2.26. The summed E-state index contributed by atoms with van der Waals surface area (Å²) in [6.45, 7) is 4.71. The Morgan fingerprint density at radius 3 is 2.71 bits per heavy atom. The summed E-state index contributed by atoms with van der Waals surface area (Å²) in [6, 6.07) is 0.0409. The van der Waals surface area contributed by atoms with Crippen LogP contribution in [0.25, 0.3) is 0 Å². The minimum Gasteiger partial charge on any atom is -0.372 e. The minimum absolute atomic E-state index is 0.0290. The Kier molecular flexibility index (Phi) is 4.10. The van der Waals surface area contributed by atoms with Gasteiger partial charge < -0.3 is 10.5 Å². The molecule has 2 atom stereocenters. The van der Waals surface area contributed by atoms with Crippen molar-refractivity contribution in [3.05, 3.63) is 18.0 Å². The topological polar surface area (TPSA) is 53.1 Å². The third-order valence-corrected chi connectivity index (χ3v) is 2.26. The fourth-order valence-corrected chi connectivity index (χ4v) is 1.45. The summed E-state index contributed by atoms with van der Waals surface area (Å²) >= 11 is 0. The Morgan fingerprint density at radius 2 is 2.29 bits per heavy atom. The van der Waals surface area contributed by atoms with E-state index in [4.69, 9.17) is 10.5 Å². The van der Waals surface area contributed by atoms with Gasteiger partial charge in [0.15, 0.2) is 0 Å². The van der Waals surface area contributed by atoms with Gasteiger partial charge in [0.25, 0.3) is 0 Å². The van der Waals surface area contributed by atoms with Gasteiger partial charge in [-0.2, -0.15) is 5.10 Å². The number of ether oxygens (including phenoxy) is 1. The normalized spacial score (nSPS) is 15.4. The summed E-state index contributed by atoms with van der Waals surface area (Å²) in [5.41, 5.74) is 7.04. The molecule has 0 spiro atoms. The molecule has 1 heterocycles. The lowest BCUT2D eigenvalue weighted by molar-refractivity contribution is 0.0423. The van der Waals surface area contributed by atoms with Gasteiger partial charge in [0, 0.05) is 31.5 Å². The Morgan fingerprint density at radius 1 is 1.57 bits per heavy atom. The minimum atomic E-state index is -0.0290. The number of rotatable bonds is 5. The average molecular weight is 197 g/mol. The summed E-state index contributed by atoms with van der Waals surface area (Å²) in [4.78, 5) is 0. The molecule has 4 nitrogen and oxygen atoms in total. The molecular formula is C10H19N3O. The molecule has 1 aromatic rings. The van der Waals surface area contributed by atoms with E-state index in [1.54, 1.807) is 4.68 Å². The van der Waals surface area contributed by atoms with Crippen LogP contribution in [0.1, 0.15) is 31.9 Å². The highest BCUT2D eigenvalue weighted by molar-refractivity contribution is 5.10. The molecule has 4 heteroatoms. The van der Waals surface area contributed by atoms with Gasteiger partial charge in [-0.05, 0) is 13.3 Å². The van der Waals surface area contributed by atoms with Crippen LogP contribution >= 0.6 is 0 Å². The molecule has 14 heavy (non-hydrogen) atoms. The van der Waals surface area contributed by atoms with E-state index < -0.39 is 0 Å². The zero-order chi connectivity index (χ0) is 10.6. The molecular weight excluding hydrogens is 178 g/mol. The van der Waals surface area contributed by atoms with Gasteiger partial charge >= 0.3 is 0 Å². The monoisotopic (exact) mass is 197 g/mol. The summed E-state index contributed by atoms with van der Waals surface area (Å²) < 4.78 is 7.38. The Bertz CT molecular complexity index is 272. The molecule has 0 fully saturated rings. The van der Waals surface area contributed by atoms with Crippen molar-refractivity contribution >= 4 is 0 Å². The molecule has 1 aromatic heterocycles. The standard InChI is InChI=1S/C10H19N3O/c1-4-9(11)10(14-5-2)8-6-12-13(3)7-8/h6-7,9-10H,4-5,11H2,1-3H3. The lowest BCUT2D eigenvalue weighted by atomic mass is 10.0. The highest BCUT2D eigenvalue weighted by Crippen LogP contribution is 2.20. The first kappa shape index (κ1) is 11.2. The van der Waals surface area contributed by atoms with Crippen molar-refractivity contribution in [3.8, 4) is 0 Å². The van der Waals surface area contributed by atoms with Gasteiger partial charge in [-0.1, -0.05) is 6.92 Å². The van der Waals surface area contributed by atoms with Crippen molar-refractivity contribution in [2.75, 3.05) is 6.61 Å². The number of hydrogen-bond acceptors (Lipinski definition) is 3. The van der Waals surface area contributed by atoms with Crippen molar-refractivity contribution in [3.63, 3.8) is 0 Å². The van der Waals surface area contributed by atoms with Gasteiger partial charge in [0.1, 0.15) is 6.10 Å². The molecule has 0 radical (unpaired) electrons. The van der Waals surface area contributed by atoms with Crippen molar-refractivity contribution in [2.45, 2.75) is 32.4 Å². The zero-order valence-corrected chi connectivity index (χ0v) is 9.10. The van der Waals surface area contributed by atoms with E-state index in [9.17, 15) is 0 Å². The maximum absolute atomic E-state index is 5.98. The van der Waals surface area contributed by atoms with Gasteiger partial charge in [-0.3, -0.25) is 4.68 Å². The first-order valence-electron chi connectivity index (χ1n) is 5.04. The first-order chi connectivity index (χ1) is 6.69. The van der Waals surface area contributed by atoms with E-state index >= 15 is 0 Å². The van der Waals surface area contributed by atoms with E-state index in [-0.39, 0.29) is 12.1 Å². The molecule has 0 saturated heterocycles. The van der Waals surface area contributed by atoms with Crippen molar-refractivity contribution in [2.24, 2.45) is 12.8 Å². The Balaban J connectivity index is 2.76. The first-order valence-corrected chi connectivity index (χ1v) is 5.04. The van der Waals surface area contributed by atoms with Gasteiger partial charge in [0.2, 0.25) is 0 Å². The fraction of sp³-hybridized carbons (Fsp3) is 0.700. The molecule has 80 valence electrons. The maximum atomic E-state index is 5.98. The van der Waals surface area contributed by atoms with Crippen LogP contribution in [0.3, 0.4) is 0 Å². The predicted octanol–water partition coefficient (Wildman–Crippen LogP) is 1.24. The summed E-state index contributed by atoms with van der Waals surface area (Å²) in [5.74, 6) is 0. The Hall–Kier alpha value is -0.870. The fourth-order valence-electron chi connectivity index (χ4n) is 1.45. The number of aromatic nitrogens is 2. The number of nitrogens with zero attached hydrogens (tertiary/aromatic N) is 2. The van der Waals surface area contributed by atoms with Gasteiger partial charge in [-0.25, -0.2) is 0 Å². The van der Waals surface area contributed by atoms with Crippen LogP contribution in [-0.2, 0) is 11.8 Å². The molecule has 0 aliphatic rings. The molecule has 0 aliphatic heterocycles. The molecule has 2 N–H and O–H groups in total. The molecule has 2 unspecified atom stereocenters. The van der Waals surface area contributed by atoms with Crippen LogP contribution in [0, 0.1) is 0 Å². The highest BCUT2D eigenvalue weighted by atomic mass is 16.5. The second kappa shape index (κ2) is 5.12. The van der Waals surface area contributed by atoms with Gasteiger partial charge in [-0.15, -0.1) is 0 Å². The van der Waals surface area contributed by atoms with Crippen LogP contribution in [0.15, 0.2) is 12.4 Å². The Labute approximate surface area is 85.0 Å². The lowest BCUT2D eigenvalue weighted by Crippen LogP contribution is -2.29. The molecule has 1 rings (SSSR count). The summed E-state index contributed by atoms with van der Waals surface area (Å²) in [5, 5.41) is 4.12. The van der Waals surface area contributed by atoms with Crippen LogP contribution in [0.2, 0.25) is 0 Å². The van der Waals surface area contributed by atoms with Crippen molar-refractivity contribution in [1.82, 2.24) is 9.78 Å². The smallest absolute Gasteiger partial charge is 0.101 e. The van der Waals surface area contributed by atoms with Crippen LogP contribution in [0.5, 0.6) is 0 Å². The molecule has 0 amide bonds. The van der Waals surface area contributed by atoms with Crippen molar-refractivity contribution < 1.29 is 4.74 Å². The quantitative estimate of drug-likeness (QED) is 0.772. The SMILES string of the molecule is CCOC(c1cnn(C)c1)C(N)CC. The molecule has 0 aromatic carbocycles. The zero-order valence-electron chi connectivity index (χ0n) is 9.10. The van der Waals surface area contributed by atoms with Gasteiger partial charge in [0.05, 0.1) is 6.20 Å². The van der Waals surface area contributed by atoms with E-state index in [0.717, 1.165) is 12.0 Å². The van der Waals surface area contributed by atoms with E-state index in [2.05, 4.69) is 12.0 Å². The van der Waals surface area contributed by atoms with Crippen LogP contribution in [0.4, 0.5) is 0 Å². The number of nitrogens with two attached hydrogens (primary N) is 1. The van der Waals surface area contributed by atoms with E-state index in [1.807, 2.05) is 26.4 Å². The number of aryl methyl sites for hydroxylation is 1. The van der Waals surface area contributed by atoms with E-state index in [1.165, 1.54) is 0 Å². The lowest BCUT2D eigenvalue weighted by Gasteiger charge is -2.21. The highest BCUT2D eigenvalue weighted by Gasteiger charge is 2.19. The largest absolute Gasteiger partial charge is 0.372 e. The predicted molar refractivity (Wildman–Crippen MR) is 55.8 cm³/mol. The average Bonchev–Trinajstić information content (AvgIpc) is 2.60.